The van der Waals surface area contributed by atoms with Crippen molar-refractivity contribution in [2.75, 3.05) is 13.7 Å². The summed E-state index contributed by atoms with van der Waals surface area (Å²) in [4.78, 5) is 53.3. The zero-order chi connectivity index (χ0) is 29.7. The van der Waals surface area contributed by atoms with Gasteiger partial charge in [-0.05, 0) is 43.1 Å². The summed E-state index contributed by atoms with van der Waals surface area (Å²) in [5, 5.41) is 44.8. The van der Waals surface area contributed by atoms with E-state index < -0.39 is 87.9 Å². The van der Waals surface area contributed by atoms with Crippen molar-refractivity contribution >= 4 is 23.7 Å². The summed E-state index contributed by atoms with van der Waals surface area (Å²) in [6.45, 7) is 3.16. The first-order valence-corrected chi connectivity index (χ1v) is 14.4. The van der Waals surface area contributed by atoms with E-state index in [9.17, 15) is 39.6 Å². The normalized spacial score (nSPS) is 46.2. The van der Waals surface area contributed by atoms with Crippen molar-refractivity contribution in [3.63, 3.8) is 0 Å². The van der Waals surface area contributed by atoms with Crippen molar-refractivity contribution in [3.05, 3.63) is 11.3 Å². The van der Waals surface area contributed by atoms with Crippen LogP contribution in [0.5, 0.6) is 0 Å². The van der Waals surface area contributed by atoms with Crippen LogP contribution >= 0.6 is 0 Å². The maximum absolute atomic E-state index is 13.6. The number of aliphatic hydroxyl groups is 4. The minimum atomic E-state index is -2.26. The Morgan fingerprint density at radius 3 is 2.44 bits per heavy atom. The third-order valence-electron chi connectivity index (χ3n) is 11.4. The number of hydrogen-bond donors (Lipinski definition) is 4. The Hall–Kier alpha value is -2.54. The van der Waals surface area contributed by atoms with E-state index in [1.165, 1.54) is 0 Å². The van der Waals surface area contributed by atoms with Crippen LogP contribution in [0.15, 0.2) is 11.3 Å². The first-order chi connectivity index (χ1) is 19.3. The summed E-state index contributed by atoms with van der Waals surface area (Å²) in [5.74, 6) is -6.49. The van der Waals surface area contributed by atoms with Gasteiger partial charge in [-0.1, -0.05) is 26.2 Å². The fourth-order valence-corrected chi connectivity index (χ4v) is 9.69. The zero-order valence-corrected chi connectivity index (χ0v) is 23.5. The molecule has 5 fully saturated rings. The number of ether oxygens (including phenoxy) is 4. The smallest absolute Gasteiger partial charge is 0.348 e. The molecule has 12 nitrogen and oxygen atoms in total. The fourth-order valence-electron chi connectivity index (χ4n) is 9.69. The van der Waals surface area contributed by atoms with Gasteiger partial charge >= 0.3 is 17.9 Å². The van der Waals surface area contributed by atoms with Crippen molar-refractivity contribution in [1.29, 1.82) is 0 Å². The molecule has 3 saturated carbocycles. The highest BCUT2D eigenvalue weighted by Crippen LogP contribution is 2.72. The van der Waals surface area contributed by atoms with Crippen molar-refractivity contribution in [2.24, 2.45) is 28.6 Å². The number of methoxy groups -OCH3 is 1. The Morgan fingerprint density at radius 2 is 1.78 bits per heavy atom. The first-order valence-electron chi connectivity index (χ1n) is 14.4. The maximum Gasteiger partial charge on any atom is 0.348 e. The lowest BCUT2D eigenvalue weighted by Crippen LogP contribution is -2.79. The van der Waals surface area contributed by atoms with E-state index in [1.807, 2.05) is 0 Å². The van der Waals surface area contributed by atoms with Crippen molar-refractivity contribution < 1.29 is 58.6 Å². The molecule has 6 aliphatic rings. The van der Waals surface area contributed by atoms with Gasteiger partial charge in [-0.2, -0.15) is 0 Å². The average Bonchev–Trinajstić information content (AvgIpc) is 3.22. The summed E-state index contributed by atoms with van der Waals surface area (Å²) in [6, 6.07) is 0. The topological polar surface area (TPSA) is 186 Å². The summed E-state index contributed by atoms with van der Waals surface area (Å²) in [6.07, 6.45) is -3.30. The van der Waals surface area contributed by atoms with Crippen LogP contribution in [0.4, 0.5) is 0 Å². The van der Waals surface area contributed by atoms with Gasteiger partial charge in [-0.15, -0.1) is 0 Å². The lowest BCUT2D eigenvalue weighted by molar-refractivity contribution is -0.290. The van der Waals surface area contributed by atoms with Crippen LogP contribution in [0.2, 0.25) is 0 Å². The van der Waals surface area contributed by atoms with E-state index in [-0.39, 0.29) is 31.6 Å². The monoisotopic (exact) mass is 578 g/mol. The molecule has 0 amide bonds. The quantitative estimate of drug-likeness (QED) is 0.270. The molecule has 41 heavy (non-hydrogen) atoms. The highest BCUT2D eigenvalue weighted by Gasteiger charge is 2.85. The number of rotatable bonds is 4. The second-order valence-electron chi connectivity index (χ2n) is 13.3. The van der Waals surface area contributed by atoms with Gasteiger partial charge < -0.3 is 39.4 Å². The minimum Gasteiger partial charge on any atom is -0.504 e. The fraction of sp³-hybridized carbons (Fsp3) is 0.793. The molecule has 226 valence electrons. The summed E-state index contributed by atoms with van der Waals surface area (Å²) in [7, 11) is 1.09. The molecule has 2 aliphatic heterocycles. The molecule has 0 radical (unpaired) electrons. The van der Waals surface area contributed by atoms with Gasteiger partial charge in [0.05, 0.1) is 37.8 Å². The SMILES string of the molecule is COC(=O)C12OC[C@]34[C@H]([C@@H](O)[C@@H]1O)[C@@]1(C)CC(=O)C(O)=C(C)[C@@H]1C[C@H]3OC(=O)C(OC(=O)CC1(O)CCCCC1)[C@@H]24. The lowest BCUT2D eigenvalue weighted by Gasteiger charge is -2.67. The zero-order valence-electron chi connectivity index (χ0n) is 23.5. The first kappa shape index (κ1) is 28.6. The molecule has 0 aromatic carbocycles. The van der Waals surface area contributed by atoms with E-state index in [1.54, 1.807) is 13.8 Å². The Balaban J connectivity index is 1.47. The number of hydrogen-bond acceptors (Lipinski definition) is 12. The van der Waals surface area contributed by atoms with Gasteiger partial charge in [-0.3, -0.25) is 9.59 Å². The van der Waals surface area contributed by atoms with E-state index in [0.717, 1.165) is 26.4 Å². The van der Waals surface area contributed by atoms with E-state index >= 15 is 0 Å². The van der Waals surface area contributed by atoms with Crippen LogP contribution in [0.25, 0.3) is 0 Å². The molecule has 2 saturated heterocycles. The minimum absolute atomic E-state index is 0.155. The van der Waals surface area contributed by atoms with E-state index in [2.05, 4.69) is 0 Å². The molecule has 2 heterocycles. The third-order valence-corrected chi connectivity index (χ3v) is 11.4. The number of ketones is 1. The van der Waals surface area contributed by atoms with Crippen LogP contribution < -0.4 is 0 Å². The van der Waals surface area contributed by atoms with Gasteiger partial charge in [0.1, 0.15) is 12.2 Å². The van der Waals surface area contributed by atoms with Crippen LogP contribution in [-0.2, 0) is 38.1 Å². The van der Waals surface area contributed by atoms with Gasteiger partial charge in [0, 0.05) is 17.8 Å². The average molecular weight is 579 g/mol. The summed E-state index contributed by atoms with van der Waals surface area (Å²) >= 11 is 0. The molecule has 2 bridgehead atoms. The molecule has 1 spiro atoms. The Labute approximate surface area is 237 Å². The van der Waals surface area contributed by atoms with E-state index in [4.69, 9.17) is 18.9 Å². The number of esters is 3. The highest BCUT2D eigenvalue weighted by molar-refractivity contribution is 5.95. The molecule has 0 aromatic rings. The van der Waals surface area contributed by atoms with Gasteiger partial charge in [0.25, 0.3) is 0 Å². The molecule has 10 atom stereocenters. The molecule has 4 aliphatic carbocycles. The van der Waals surface area contributed by atoms with Crippen molar-refractivity contribution in [1.82, 2.24) is 0 Å². The van der Waals surface area contributed by atoms with Crippen molar-refractivity contribution in [2.45, 2.75) is 101 Å². The lowest BCUT2D eigenvalue weighted by atomic mass is 9.38. The second-order valence-corrected chi connectivity index (χ2v) is 13.3. The Kier molecular flexibility index (Phi) is 6.43. The van der Waals surface area contributed by atoms with Gasteiger partial charge in [-0.25, -0.2) is 9.59 Å². The number of Topliss-reactive ketones (excluding diaryl/α,β-unsaturated/α-hetero) is 1. The predicted octanol–water partition coefficient (Wildman–Crippen LogP) is 0.636. The van der Waals surface area contributed by atoms with Crippen molar-refractivity contribution in [3.8, 4) is 0 Å². The molecular weight excluding hydrogens is 540 g/mol. The molecule has 2 unspecified atom stereocenters. The number of allylic oxidation sites excluding steroid dienone is 2. The third kappa shape index (κ3) is 3.60. The number of aliphatic hydroxyl groups excluding tert-OH is 3. The molecule has 12 heteroatoms. The van der Waals surface area contributed by atoms with Gasteiger partial charge in [0.15, 0.2) is 11.5 Å². The molecule has 6 rings (SSSR count). The standard InChI is InChI=1S/C29H38O12/c1-13-14-9-16-28-12-39-29(25(36)38-3,23(34)19(33)21(28)26(14,2)10-15(30)18(13)32)22(28)20(24(35)40-16)41-17(31)11-27(37)7-5-4-6-8-27/h14,16,19-23,32-34,37H,4-12H2,1-3H3/t14-,16+,19+,20?,21+,22+,23-,26-,28+,29?/m0/s1. The van der Waals surface area contributed by atoms with Crippen LogP contribution in [0, 0.1) is 28.6 Å². The van der Waals surface area contributed by atoms with Crippen LogP contribution in [-0.4, -0.2) is 93.5 Å². The number of fused-ring (bicyclic) bond motifs is 2. The number of carbonyl (C=O) groups excluding carboxylic acids is 4. The largest absolute Gasteiger partial charge is 0.504 e. The van der Waals surface area contributed by atoms with Gasteiger partial charge in [0.2, 0.25) is 11.7 Å². The Bertz CT molecular complexity index is 1220. The highest BCUT2D eigenvalue weighted by atomic mass is 16.6. The van der Waals surface area contributed by atoms with Crippen LogP contribution in [0.3, 0.4) is 0 Å². The summed E-state index contributed by atoms with van der Waals surface area (Å²) < 4.78 is 22.8. The number of carbonyl (C=O) groups is 4. The maximum atomic E-state index is 13.6. The van der Waals surface area contributed by atoms with E-state index in [0.29, 0.717) is 18.4 Å². The Morgan fingerprint density at radius 1 is 1.10 bits per heavy atom. The summed E-state index contributed by atoms with van der Waals surface area (Å²) in [5.41, 5.74) is -5.52. The molecule has 4 N–H and O–H groups in total. The second kappa shape index (κ2) is 9.23. The predicted molar refractivity (Wildman–Crippen MR) is 136 cm³/mol. The molecule has 0 aromatic heterocycles. The van der Waals surface area contributed by atoms with Crippen LogP contribution in [0.1, 0.15) is 65.2 Å². The molecular formula is C29H38O12.